The van der Waals surface area contributed by atoms with Crippen LogP contribution >= 0.6 is 0 Å². The number of nitrogens with one attached hydrogen (secondary N) is 1. The topological polar surface area (TPSA) is 97.8 Å². The van der Waals surface area contributed by atoms with E-state index in [-0.39, 0.29) is 11.1 Å². The number of rotatable bonds is 7. The van der Waals surface area contributed by atoms with Gasteiger partial charge in [-0.05, 0) is 30.5 Å². The van der Waals surface area contributed by atoms with Crippen LogP contribution in [-0.2, 0) is 13.2 Å². The Morgan fingerprint density at radius 2 is 1.80 bits per heavy atom. The molecule has 0 aliphatic heterocycles. The average Bonchev–Trinajstić information content (AvgIpc) is 3.29. The van der Waals surface area contributed by atoms with Crippen LogP contribution in [-0.4, -0.2) is 49.5 Å². The van der Waals surface area contributed by atoms with Crippen molar-refractivity contribution in [2.24, 2.45) is 7.05 Å². The summed E-state index contributed by atoms with van der Waals surface area (Å²) in [7, 11) is 0.802. The molecule has 0 spiro atoms. The third kappa shape index (κ3) is 5.40. The first-order valence-corrected chi connectivity index (χ1v) is 10.9. The Balaban J connectivity index is 1.71. The maximum absolute atomic E-state index is 14.3. The molecule has 1 aliphatic rings. The molecule has 1 atom stereocenters. The molecular formula is C22H14F10N6O2. The Labute approximate surface area is 216 Å². The van der Waals surface area contributed by atoms with Gasteiger partial charge in [-0.15, -0.1) is 5.10 Å². The SMILES string of the molecule is Cn1nc(OC(F)(F)C(F)C(F)(F)F)c(C(F)(F)F)c1-n1cc(-c2ccc(F)c(C(=O)NC3(C#N)CC3)c2)cn1. The Bertz CT molecular complexity index is 1500. The molecule has 1 amide bonds. The zero-order valence-corrected chi connectivity index (χ0v) is 19.7. The largest absolute Gasteiger partial charge is 0.440 e. The van der Waals surface area contributed by atoms with Gasteiger partial charge in [0, 0.05) is 18.8 Å². The summed E-state index contributed by atoms with van der Waals surface area (Å²) in [5, 5.41) is 18.2. The molecule has 1 N–H and O–H groups in total. The van der Waals surface area contributed by atoms with E-state index in [0.717, 1.165) is 37.6 Å². The molecule has 2 heterocycles. The van der Waals surface area contributed by atoms with Crippen molar-refractivity contribution in [1.82, 2.24) is 24.9 Å². The number of hydrogen-bond acceptors (Lipinski definition) is 5. The highest BCUT2D eigenvalue weighted by Gasteiger charge is 2.60. The number of aromatic nitrogens is 4. The van der Waals surface area contributed by atoms with Crippen molar-refractivity contribution in [3.05, 3.63) is 47.5 Å². The predicted molar refractivity (Wildman–Crippen MR) is 112 cm³/mol. The van der Waals surface area contributed by atoms with Gasteiger partial charge in [0.25, 0.3) is 18.0 Å². The number of alkyl halides is 9. The number of carbonyl (C=O) groups is 1. The molecule has 18 heteroatoms. The molecule has 2 aromatic heterocycles. The Morgan fingerprint density at radius 1 is 1.15 bits per heavy atom. The fourth-order valence-electron chi connectivity index (χ4n) is 3.59. The summed E-state index contributed by atoms with van der Waals surface area (Å²) in [6.45, 7) is 0. The van der Waals surface area contributed by atoms with Gasteiger partial charge in [0.15, 0.2) is 11.4 Å². The first-order chi connectivity index (χ1) is 18.4. The smallest absolute Gasteiger partial charge is 0.410 e. The summed E-state index contributed by atoms with van der Waals surface area (Å²) >= 11 is 0. The van der Waals surface area contributed by atoms with Crippen LogP contribution in [0, 0.1) is 17.1 Å². The molecule has 214 valence electrons. The van der Waals surface area contributed by atoms with Gasteiger partial charge in [-0.1, -0.05) is 6.07 Å². The standard InChI is InChI=1S/C22H14F10N6O2/c1-37-17(14(20(25,26)27)16(36-37)40-22(31,32)18(24)21(28,29)30)38-8-11(7-34-38)10-2-3-13(23)12(6-10)15(39)35-19(9-33)4-5-19/h2-3,6-8,18H,4-5H2,1H3,(H,35,39). The van der Waals surface area contributed by atoms with Crippen molar-refractivity contribution in [3.8, 4) is 28.9 Å². The molecular weight excluding hydrogens is 570 g/mol. The fraction of sp³-hybridized carbons (Fsp3) is 0.364. The molecule has 0 saturated heterocycles. The van der Waals surface area contributed by atoms with Gasteiger partial charge in [-0.25, -0.2) is 18.1 Å². The molecule has 0 bridgehead atoms. The van der Waals surface area contributed by atoms with Crippen LogP contribution in [0.4, 0.5) is 43.9 Å². The van der Waals surface area contributed by atoms with Crippen molar-refractivity contribution < 1.29 is 53.4 Å². The lowest BCUT2D eigenvalue weighted by Gasteiger charge is -2.22. The maximum Gasteiger partial charge on any atom is 0.440 e. The van der Waals surface area contributed by atoms with Crippen LogP contribution in [0.5, 0.6) is 5.88 Å². The molecule has 3 aromatic rings. The Kier molecular flexibility index (Phi) is 6.76. The number of amides is 1. The summed E-state index contributed by atoms with van der Waals surface area (Å²) in [6, 6.07) is 4.94. The summed E-state index contributed by atoms with van der Waals surface area (Å²) in [5.74, 6) is -5.05. The summed E-state index contributed by atoms with van der Waals surface area (Å²) in [4.78, 5) is 12.5. The third-order valence-corrected chi connectivity index (χ3v) is 5.74. The minimum Gasteiger partial charge on any atom is -0.410 e. The molecule has 0 radical (unpaired) electrons. The zero-order valence-electron chi connectivity index (χ0n) is 19.7. The second-order valence-corrected chi connectivity index (χ2v) is 8.71. The number of benzene rings is 1. The fourth-order valence-corrected chi connectivity index (χ4v) is 3.59. The van der Waals surface area contributed by atoms with Crippen LogP contribution in [0.25, 0.3) is 16.9 Å². The minimum absolute atomic E-state index is 0.0153. The molecule has 4 rings (SSSR count). The van der Waals surface area contributed by atoms with Gasteiger partial charge in [-0.3, -0.25) is 4.79 Å². The van der Waals surface area contributed by atoms with Gasteiger partial charge >= 0.3 is 18.5 Å². The molecule has 1 aromatic carbocycles. The molecule has 1 unspecified atom stereocenters. The van der Waals surface area contributed by atoms with E-state index in [0.29, 0.717) is 22.2 Å². The molecule has 1 fully saturated rings. The van der Waals surface area contributed by atoms with Gasteiger partial charge in [0.1, 0.15) is 11.4 Å². The van der Waals surface area contributed by atoms with Crippen LogP contribution in [0.2, 0.25) is 0 Å². The predicted octanol–water partition coefficient (Wildman–Crippen LogP) is 5.09. The summed E-state index contributed by atoms with van der Waals surface area (Å²) in [5.41, 5.74) is -3.67. The number of ether oxygens (including phenoxy) is 1. The molecule has 40 heavy (non-hydrogen) atoms. The number of carbonyl (C=O) groups excluding carboxylic acids is 1. The zero-order chi connectivity index (χ0) is 29.8. The van der Waals surface area contributed by atoms with E-state index in [1.54, 1.807) is 0 Å². The van der Waals surface area contributed by atoms with Crippen LogP contribution in [0.3, 0.4) is 0 Å². The van der Waals surface area contributed by atoms with E-state index in [1.807, 2.05) is 6.07 Å². The number of nitriles is 1. The Hall–Kier alpha value is -4.30. The van der Waals surface area contributed by atoms with Gasteiger partial charge in [-0.2, -0.15) is 45.5 Å². The van der Waals surface area contributed by atoms with Crippen molar-refractivity contribution in [3.63, 3.8) is 0 Å². The van der Waals surface area contributed by atoms with E-state index >= 15 is 0 Å². The van der Waals surface area contributed by atoms with Crippen molar-refractivity contribution in [1.29, 1.82) is 5.26 Å². The normalized spacial score (nSPS) is 15.8. The quantitative estimate of drug-likeness (QED) is 0.391. The summed E-state index contributed by atoms with van der Waals surface area (Å²) < 4.78 is 138. The second kappa shape index (κ2) is 9.41. The lowest BCUT2D eigenvalue weighted by Crippen LogP contribution is -2.46. The highest BCUT2D eigenvalue weighted by atomic mass is 19.4. The molecule has 1 saturated carbocycles. The lowest BCUT2D eigenvalue weighted by atomic mass is 10.0. The van der Waals surface area contributed by atoms with E-state index in [1.165, 1.54) is 0 Å². The maximum atomic E-state index is 14.3. The average molecular weight is 584 g/mol. The summed E-state index contributed by atoms with van der Waals surface area (Å²) in [6.07, 6.45) is -19.9. The number of halogens is 10. The lowest BCUT2D eigenvalue weighted by molar-refractivity contribution is -0.306. The van der Waals surface area contributed by atoms with Crippen molar-refractivity contribution >= 4 is 5.91 Å². The molecule has 1 aliphatic carbocycles. The monoisotopic (exact) mass is 584 g/mol. The third-order valence-electron chi connectivity index (χ3n) is 5.74. The van der Waals surface area contributed by atoms with Gasteiger partial charge in [0.05, 0.1) is 17.8 Å². The van der Waals surface area contributed by atoms with E-state index < -0.39 is 64.7 Å². The highest BCUT2D eigenvalue weighted by molar-refractivity contribution is 5.96. The van der Waals surface area contributed by atoms with E-state index in [2.05, 4.69) is 20.3 Å². The minimum atomic E-state index is -6.16. The van der Waals surface area contributed by atoms with Crippen molar-refractivity contribution in [2.45, 2.75) is 43.0 Å². The number of hydrogen-bond donors (Lipinski definition) is 1. The van der Waals surface area contributed by atoms with Gasteiger partial charge in [0.2, 0.25) is 0 Å². The molecule has 8 nitrogen and oxygen atoms in total. The highest BCUT2D eigenvalue weighted by Crippen LogP contribution is 2.44. The van der Waals surface area contributed by atoms with E-state index in [4.69, 9.17) is 5.26 Å². The van der Waals surface area contributed by atoms with Crippen LogP contribution in [0.1, 0.15) is 28.8 Å². The van der Waals surface area contributed by atoms with Crippen LogP contribution < -0.4 is 10.1 Å². The number of aryl methyl sites for hydroxylation is 1. The van der Waals surface area contributed by atoms with Crippen LogP contribution in [0.15, 0.2) is 30.6 Å². The van der Waals surface area contributed by atoms with E-state index in [9.17, 15) is 48.7 Å². The first-order valence-electron chi connectivity index (χ1n) is 10.9. The second-order valence-electron chi connectivity index (χ2n) is 8.71. The van der Waals surface area contributed by atoms with Gasteiger partial charge < -0.3 is 10.1 Å². The Morgan fingerprint density at radius 3 is 2.35 bits per heavy atom. The van der Waals surface area contributed by atoms with Crippen molar-refractivity contribution in [2.75, 3.05) is 0 Å². The first kappa shape index (κ1) is 28.7. The number of nitrogens with zero attached hydrogens (tertiary/aromatic N) is 5.